The van der Waals surface area contributed by atoms with Crippen molar-refractivity contribution in [2.75, 3.05) is 13.7 Å². The van der Waals surface area contributed by atoms with Crippen LogP contribution < -0.4 is 15.6 Å². The van der Waals surface area contributed by atoms with E-state index >= 15 is 0 Å². The molecule has 0 aliphatic heterocycles. The summed E-state index contributed by atoms with van der Waals surface area (Å²) in [6, 6.07) is 16.3. The van der Waals surface area contributed by atoms with Crippen LogP contribution in [0.1, 0.15) is 52.1 Å². The predicted molar refractivity (Wildman–Crippen MR) is 164 cm³/mol. The normalized spacial score (nSPS) is 13.0. The quantitative estimate of drug-likeness (QED) is 0.113. The number of aromatic amines is 1. The van der Waals surface area contributed by atoms with Gasteiger partial charge >= 0.3 is 24.5 Å². The van der Waals surface area contributed by atoms with Gasteiger partial charge in [0, 0.05) is 29.6 Å². The van der Waals surface area contributed by atoms with Crippen molar-refractivity contribution in [3.05, 3.63) is 111 Å². The number of carboxylic acids is 1. The number of benzene rings is 3. The Balaban J connectivity index is 1.40. The molecule has 4 rings (SSSR count). The number of alkyl halides is 4. The van der Waals surface area contributed by atoms with E-state index < -0.39 is 36.1 Å². The highest BCUT2D eigenvalue weighted by Crippen LogP contribution is 2.31. The average Bonchev–Trinajstić information content (AvgIpc) is 3.00. The van der Waals surface area contributed by atoms with Crippen molar-refractivity contribution < 1.29 is 41.7 Å². The van der Waals surface area contributed by atoms with Gasteiger partial charge in [-0.1, -0.05) is 49.4 Å². The van der Waals surface area contributed by atoms with Gasteiger partial charge in [0.15, 0.2) is 0 Å². The maximum atomic E-state index is 13.4. The summed E-state index contributed by atoms with van der Waals surface area (Å²) < 4.78 is 61.8. The number of halogens is 4. The van der Waals surface area contributed by atoms with E-state index in [0.717, 1.165) is 22.6 Å². The highest BCUT2D eigenvalue weighted by atomic mass is 19.3. The van der Waals surface area contributed by atoms with E-state index in [1.807, 2.05) is 26.0 Å². The number of carbonyl (C=O) groups excluding carboxylic acids is 1. The minimum Gasteiger partial charge on any atom is -0.481 e. The Morgan fingerprint density at radius 1 is 1.02 bits per heavy atom. The Kier molecular flexibility index (Phi) is 10.8. The number of nitrogens with one attached hydrogen (secondary N) is 2. The first-order valence-corrected chi connectivity index (χ1v) is 14.5. The molecule has 0 bridgehead atoms. The van der Waals surface area contributed by atoms with E-state index in [2.05, 4.69) is 15.0 Å². The lowest BCUT2D eigenvalue weighted by Crippen LogP contribution is -2.34. The second kappa shape index (κ2) is 14.6. The van der Waals surface area contributed by atoms with Crippen LogP contribution in [-0.4, -0.2) is 48.2 Å². The number of pyridine rings is 1. The van der Waals surface area contributed by atoms with E-state index in [4.69, 9.17) is 4.74 Å². The summed E-state index contributed by atoms with van der Waals surface area (Å²) in [5, 5.41) is 14.0. The molecule has 3 aromatic carbocycles. The molecule has 0 saturated heterocycles. The van der Waals surface area contributed by atoms with Crippen LogP contribution in [-0.2, 0) is 33.7 Å². The number of rotatable bonds is 14. The van der Waals surface area contributed by atoms with Crippen LogP contribution in [0.4, 0.5) is 17.6 Å². The molecule has 0 radical (unpaired) electrons. The molecule has 0 spiro atoms. The van der Waals surface area contributed by atoms with Crippen molar-refractivity contribution in [1.82, 2.24) is 10.3 Å². The molecule has 8 nitrogen and oxygen atoms in total. The van der Waals surface area contributed by atoms with Gasteiger partial charge in [0.2, 0.25) is 0 Å². The maximum absolute atomic E-state index is 13.4. The Hall–Kier alpha value is -4.71. The fraction of sp³-hybridized carbons (Fsp3) is 0.324. The second-order valence-corrected chi connectivity index (χ2v) is 11.1. The van der Waals surface area contributed by atoms with Gasteiger partial charge in [0.1, 0.15) is 5.75 Å². The molecule has 0 saturated carbocycles. The first kappa shape index (κ1) is 34.2. The number of carboxylic acid groups (broad SMARTS) is 1. The van der Waals surface area contributed by atoms with Crippen LogP contribution in [0.5, 0.6) is 5.75 Å². The first-order chi connectivity index (χ1) is 21.8. The monoisotopic (exact) mass is 642 g/mol. The molecule has 2 atom stereocenters. The van der Waals surface area contributed by atoms with Crippen LogP contribution in [0, 0.1) is 6.92 Å². The summed E-state index contributed by atoms with van der Waals surface area (Å²) >= 11 is 0. The third kappa shape index (κ3) is 8.30. The number of H-pyrrole nitrogens is 1. The van der Waals surface area contributed by atoms with E-state index in [1.165, 1.54) is 12.1 Å². The molecule has 4 aromatic rings. The van der Waals surface area contributed by atoms with Crippen LogP contribution in [0.3, 0.4) is 0 Å². The first-order valence-electron chi connectivity index (χ1n) is 14.5. The van der Waals surface area contributed by atoms with Gasteiger partial charge in [0.05, 0.1) is 18.9 Å². The fourth-order valence-corrected chi connectivity index (χ4v) is 5.30. The van der Waals surface area contributed by atoms with Gasteiger partial charge < -0.3 is 24.9 Å². The third-order valence-corrected chi connectivity index (χ3v) is 7.64. The van der Waals surface area contributed by atoms with Crippen molar-refractivity contribution in [3.8, 4) is 5.75 Å². The molecular formula is C34H34F4N2O6. The standard InChI is InChI=1S/C34H34F4N2O6/c1-19-12-24(28(32(43)44)15-22-4-6-23-10-11-40-31(42)27(23)14-22)7-8-26(19)20(2)18-45-30(41)16-21-5-9-29(25(13-21)17-39-3)46-34(37,38)33(35)36/h4-14,20,28,33,39H,15-18H2,1-3H3,(H,40,42)(H,43,44)/t20-,28?/m0/s1. The van der Waals surface area contributed by atoms with Gasteiger partial charge in [-0.2, -0.15) is 17.6 Å². The number of esters is 1. The summed E-state index contributed by atoms with van der Waals surface area (Å²) in [6.07, 6.45) is -7.11. The molecule has 0 aliphatic carbocycles. The number of fused-ring (bicyclic) bond motifs is 1. The van der Waals surface area contributed by atoms with Crippen LogP contribution >= 0.6 is 0 Å². The minimum atomic E-state index is -4.66. The van der Waals surface area contributed by atoms with Crippen molar-refractivity contribution in [1.29, 1.82) is 0 Å². The Morgan fingerprint density at radius 2 is 1.76 bits per heavy atom. The maximum Gasteiger partial charge on any atom is 0.461 e. The lowest BCUT2D eigenvalue weighted by Gasteiger charge is -2.20. The molecule has 0 aliphatic rings. The molecule has 0 amide bonds. The lowest BCUT2D eigenvalue weighted by molar-refractivity contribution is -0.253. The highest BCUT2D eigenvalue weighted by Gasteiger charge is 2.44. The lowest BCUT2D eigenvalue weighted by atomic mass is 9.87. The SMILES string of the molecule is CNCc1cc(CC(=O)OC[C@H](C)c2ccc(C(Cc3ccc4cc[nH]c(=O)c4c3)C(=O)O)cc2C)ccc1OC(F)(F)C(F)F. The Morgan fingerprint density at radius 3 is 2.43 bits per heavy atom. The number of carbonyl (C=O) groups is 2. The molecule has 1 heterocycles. The molecule has 0 fully saturated rings. The number of hydrogen-bond donors (Lipinski definition) is 3. The van der Waals surface area contributed by atoms with Crippen LogP contribution in [0.2, 0.25) is 0 Å². The van der Waals surface area contributed by atoms with E-state index in [0.29, 0.717) is 22.1 Å². The van der Waals surface area contributed by atoms with Gasteiger partial charge in [0.25, 0.3) is 5.56 Å². The van der Waals surface area contributed by atoms with Gasteiger partial charge in [-0.3, -0.25) is 14.4 Å². The van der Waals surface area contributed by atoms with Crippen molar-refractivity contribution in [3.63, 3.8) is 0 Å². The number of aromatic nitrogens is 1. The Labute approximate surface area is 262 Å². The van der Waals surface area contributed by atoms with Gasteiger partial charge in [-0.25, -0.2) is 0 Å². The predicted octanol–water partition coefficient (Wildman–Crippen LogP) is 6.09. The summed E-state index contributed by atoms with van der Waals surface area (Å²) in [7, 11) is 1.54. The highest BCUT2D eigenvalue weighted by molar-refractivity contribution is 5.82. The smallest absolute Gasteiger partial charge is 0.461 e. The summed E-state index contributed by atoms with van der Waals surface area (Å²) in [5.74, 6) is -3.10. The summed E-state index contributed by atoms with van der Waals surface area (Å²) in [6.45, 7) is 3.76. The number of aryl methyl sites for hydroxylation is 1. The molecule has 46 heavy (non-hydrogen) atoms. The van der Waals surface area contributed by atoms with Crippen molar-refractivity contribution >= 4 is 22.7 Å². The van der Waals surface area contributed by atoms with E-state index in [-0.39, 0.29) is 43.0 Å². The number of hydrogen-bond acceptors (Lipinski definition) is 6. The summed E-state index contributed by atoms with van der Waals surface area (Å²) in [5.41, 5.74) is 3.33. The van der Waals surface area contributed by atoms with Gasteiger partial charge in [-0.15, -0.1) is 0 Å². The molecular weight excluding hydrogens is 608 g/mol. The summed E-state index contributed by atoms with van der Waals surface area (Å²) in [4.78, 5) is 39.7. The molecule has 3 N–H and O–H groups in total. The molecule has 244 valence electrons. The number of aliphatic carboxylic acids is 1. The molecule has 1 unspecified atom stereocenters. The molecule has 12 heteroatoms. The van der Waals surface area contributed by atoms with E-state index in [9.17, 15) is 37.1 Å². The van der Waals surface area contributed by atoms with Crippen molar-refractivity contribution in [2.24, 2.45) is 0 Å². The largest absolute Gasteiger partial charge is 0.481 e. The second-order valence-electron chi connectivity index (χ2n) is 11.1. The molecule has 1 aromatic heterocycles. The zero-order valence-electron chi connectivity index (χ0n) is 25.4. The topological polar surface area (TPSA) is 118 Å². The zero-order chi connectivity index (χ0) is 33.6. The zero-order valence-corrected chi connectivity index (χ0v) is 25.4. The van der Waals surface area contributed by atoms with E-state index in [1.54, 1.807) is 43.6 Å². The third-order valence-electron chi connectivity index (χ3n) is 7.64. The number of ether oxygens (including phenoxy) is 2. The van der Waals surface area contributed by atoms with Gasteiger partial charge in [-0.05, 0) is 71.8 Å². The Bertz CT molecular complexity index is 1770. The van der Waals surface area contributed by atoms with Crippen molar-refractivity contribution in [2.45, 2.75) is 57.6 Å². The van der Waals surface area contributed by atoms with Crippen LogP contribution in [0.25, 0.3) is 10.8 Å². The average molecular weight is 643 g/mol. The minimum absolute atomic E-state index is 0.0260. The van der Waals surface area contributed by atoms with Crippen LogP contribution in [0.15, 0.2) is 71.7 Å². The fourth-order valence-electron chi connectivity index (χ4n) is 5.30.